The van der Waals surface area contributed by atoms with Crippen molar-refractivity contribution in [1.82, 2.24) is 14.6 Å². The van der Waals surface area contributed by atoms with E-state index in [1.807, 2.05) is 13.0 Å². The Morgan fingerprint density at radius 3 is 2.63 bits per heavy atom. The summed E-state index contributed by atoms with van der Waals surface area (Å²) < 4.78 is 58.4. The van der Waals surface area contributed by atoms with E-state index in [1.165, 1.54) is 4.31 Å². The Kier molecular flexibility index (Phi) is 6.99. The molecule has 1 amide bonds. The zero-order valence-corrected chi connectivity index (χ0v) is 17.3. The molecule has 2 heterocycles. The fraction of sp³-hybridized carbons (Fsp3) is 0.400. The van der Waals surface area contributed by atoms with Crippen molar-refractivity contribution in [1.29, 1.82) is 0 Å². The number of ether oxygens (including phenoxy) is 1. The molecule has 1 aliphatic rings. The van der Waals surface area contributed by atoms with Gasteiger partial charge in [-0.05, 0) is 44.0 Å². The number of sulfonamides is 1. The Balaban J connectivity index is 1.57. The molecule has 1 aliphatic heterocycles. The van der Waals surface area contributed by atoms with Crippen molar-refractivity contribution in [2.24, 2.45) is 5.92 Å². The minimum Gasteiger partial charge on any atom is -0.478 e. The molecule has 0 unspecified atom stereocenters. The number of amides is 1. The van der Waals surface area contributed by atoms with E-state index in [2.05, 4.69) is 10.3 Å². The van der Waals surface area contributed by atoms with Crippen molar-refractivity contribution in [2.45, 2.75) is 31.2 Å². The number of aromatic nitrogens is 1. The van der Waals surface area contributed by atoms with E-state index >= 15 is 0 Å². The largest absolute Gasteiger partial charge is 0.478 e. The van der Waals surface area contributed by atoms with Crippen LogP contribution < -0.4 is 10.1 Å². The predicted octanol–water partition coefficient (Wildman–Crippen LogP) is 2.48. The first-order valence-corrected chi connectivity index (χ1v) is 11.1. The van der Waals surface area contributed by atoms with Gasteiger partial charge in [-0.2, -0.15) is 4.31 Å². The molecule has 30 heavy (non-hydrogen) atoms. The Hall–Kier alpha value is -2.59. The highest BCUT2D eigenvalue weighted by atomic mass is 32.2. The van der Waals surface area contributed by atoms with Gasteiger partial charge in [-0.15, -0.1) is 0 Å². The molecule has 1 fully saturated rings. The molecule has 2 aromatic rings. The third-order valence-electron chi connectivity index (χ3n) is 4.94. The number of hydrogen-bond donors (Lipinski definition) is 1. The van der Waals surface area contributed by atoms with E-state index in [1.54, 1.807) is 12.3 Å². The number of hydrogen-bond acceptors (Lipinski definition) is 5. The van der Waals surface area contributed by atoms with Gasteiger partial charge in [-0.25, -0.2) is 22.2 Å². The van der Waals surface area contributed by atoms with E-state index in [-0.39, 0.29) is 36.4 Å². The van der Waals surface area contributed by atoms with Gasteiger partial charge in [0.2, 0.25) is 21.8 Å². The summed E-state index contributed by atoms with van der Waals surface area (Å²) in [6.07, 6.45) is 2.28. The number of benzene rings is 1. The number of halogens is 2. The zero-order valence-electron chi connectivity index (χ0n) is 16.5. The summed E-state index contributed by atoms with van der Waals surface area (Å²) in [6, 6.07) is 6.07. The van der Waals surface area contributed by atoms with Crippen LogP contribution in [0.4, 0.5) is 8.78 Å². The number of piperidine rings is 1. The molecule has 0 radical (unpaired) electrons. The van der Waals surface area contributed by atoms with Crippen molar-refractivity contribution in [3.05, 3.63) is 53.7 Å². The minimum absolute atomic E-state index is 0.122. The molecule has 1 aromatic heterocycles. The highest BCUT2D eigenvalue weighted by Crippen LogP contribution is 2.25. The number of carbonyl (C=O) groups is 1. The summed E-state index contributed by atoms with van der Waals surface area (Å²) in [5, 5.41) is 2.85. The molecule has 7 nitrogen and oxygen atoms in total. The van der Waals surface area contributed by atoms with Gasteiger partial charge < -0.3 is 10.1 Å². The first-order chi connectivity index (χ1) is 14.3. The Morgan fingerprint density at radius 1 is 1.23 bits per heavy atom. The van der Waals surface area contributed by atoms with Crippen LogP contribution in [-0.4, -0.2) is 43.3 Å². The molecule has 0 spiro atoms. The molecule has 1 saturated heterocycles. The third kappa shape index (κ3) is 4.93. The molecule has 1 aromatic carbocycles. The zero-order chi connectivity index (χ0) is 21.7. The molecular formula is C20H23F2N3O4S. The lowest BCUT2D eigenvalue weighted by molar-refractivity contribution is -0.126. The van der Waals surface area contributed by atoms with Crippen molar-refractivity contribution >= 4 is 15.9 Å². The molecule has 162 valence electrons. The lowest BCUT2D eigenvalue weighted by Gasteiger charge is -2.30. The molecule has 0 aliphatic carbocycles. The van der Waals surface area contributed by atoms with Crippen LogP contribution in [-0.2, 0) is 21.4 Å². The quantitative estimate of drug-likeness (QED) is 0.716. The summed E-state index contributed by atoms with van der Waals surface area (Å²) in [4.78, 5) is 16.4. The van der Waals surface area contributed by atoms with Crippen LogP contribution in [0.3, 0.4) is 0 Å². The topological polar surface area (TPSA) is 88.6 Å². The highest BCUT2D eigenvalue weighted by molar-refractivity contribution is 7.89. The van der Waals surface area contributed by atoms with Gasteiger partial charge >= 0.3 is 0 Å². The van der Waals surface area contributed by atoms with Crippen molar-refractivity contribution in [3.63, 3.8) is 0 Å². The lowest BCUT2D eigenvalue weighted by Crippen LogP contribution is -2.42. The SMILES string of the molecule is CCOc1ncccc1CNC(=O)C1CCN(S(=O)(=O)c2ccc(F)c(F)c2)CC1. The van der Waals surface area contributed by atoms with Crippen LogP contribution in [0.1, 0.15) is 25.3 Å². The number of nitrogens with one attached hydrogen (secondary N) is 1. The van der Waals surface area contributed by atoms with Crippen LogP contribution >= 0.6 is 0 Å². The Bertz CT molecular complexity index is 1010. The van der Waals surface area contributed by atoms with Gasteiger partial charge in [0.1, 0.15) is 0 Å². The normalized spacial score (nSPS) is 15.7. The van der Waals surface area contributed by atoms with Gasteiger partial charge in [0.15, 0.2) is 11.6 Å². The standard InChI is InChI=1S/C20H23F2N3O4S/c1-2-29-20-15(4-3-9-23-20)13-24-19(26)14-7-10-25(11-8-14)30(27,28)16-5-6-17(21)18(22)12-16/h3-6,9,12,14H,2,7-8,10-11,13H2,1H3,(H,24,26). The monoisotopic (exact) mass is 439 g/mol. The average Bonchev–Trinajstić information content (AvgIpc) is 2.75. The maximum Gasteiger partial charge on any atom is 0.243 e. The number of carbonyl (C=O) groups excluding carboxylic acids is 1. The van der Waals surface area contributed by atoms with Crippen LogP contribution in [0.15, 0.2) is 41.4 Å². The van der Waals surface area contributed by atoms with Crippen LogP contribution in [0, 0.1) is 17.6 Å². The second kappa shape index (κ2) is 9.48. The summed E-state index contributed by atoms with van der Waals surface area (Å²) in [5.74, 6) is -2.37. The molecule has 10 heteroatoms. The second-order valence-corrected chi connectivity index (χ2v) is 8.81. The number of nitrogens with zero attached hydrogens (tertiary/aromatic N) is 2. The van der Waals surface area contributed by atoms with Gasteiger partial charge in [0.05, 0.1) is 11.5 Å². The smallest absolute Gasteiger partial charge is 0.243 e. The highest BCUT2D eigenvalue weighted by Gasteiger charge is 2.32. The van der Waals surface area contributed by atoms with E-state index in [9.17, 15) is 22.0 Å². The molecule has 1 N–H and O–H groups in total. The summed E-state index contributed by atoms with van der Waals surface area (Å²) in [6.45, 7) is 2.81. The lowest BCUT2D eigenvalue weighted by atomic mass is 9.97. The van der Waals surface area contributed by atoms with E-state index in [4.69, 9.17) is 4.74 Å². The van der Waals surface area contributed by atoms with Crippen LogP contribution in [0.5, 0.6) is 5.88 Å². The fourth-order valence-electron chi connectivity index (χ4n) is 3.30. The van der Waals surface area contributed by atoms with Gasteiger partial charge in [0.25, 0.3) is 0 Å². The van der Waals surface area contributed by atoms with Crippen molar-refractivity contribution in [3.8, 4) is 5.88 Å². The maximum atomic E-state index is 13.4. The molecular weight excluding hydrogens is 416 g/mol. The predicted molar refractivity (Wildman–Crippen MR) is 105 cm³/mol. The van der Waals surface area contributed by atoms with E-state index in [0.29, 0.717) is 31.4 Å². The summed E-state index contributed by atoms with van der Waals surface area (Å²) in [5.41, 5.74) is 0.756. The van der Waals surface area contributed by atoms with Crippen molar-refractivity contribution in [2.75, 3.05) is 19.7 Å². The van der Waals surface area contributed by atoms with E-state index in [0.717, 1.165) is 17.7 Å². The Labute approximate surface area is 174 Å². The second-order valence-electron chi connectivity index (χ2n) is 6.87. The first kappa shape index (κ1) is 22.1. The van der Waals surface area contributed by atoms with Crippen molar-refractivity contribution < 1.29 is 26.7 Å². The van der Waals surface area contributed by atoms with E-state index < -0.39 is 21.7 Å². The Morgan fingerprint density at radius 2 is 1.97 bits per heavy atom. The van der Waals surface area contributed by atoms with Gasteiger partial charge in [0, 0.05) is 37.3 Å². The molecule has 3 rings (SSSR count). The molecule has 0 atom stereocenters. The molecule has 0 bridgehead atoms. The summed E-state index contributed by atoms with van der Waals surface area (Å²) >= 11 is 0. The van der Waals surface area contributed by atoms with Crippen LogP contribution in [0.25, 0.3) is 0 Å². The number of pyridine rings is 1. The van der Waals surface area contributed by atoms with Gasteiger partial charge in [-0.1, -0.05) is 6.07 Å². The third-order valence-corrected chi connectivity index (χ3v) is 6.83. The minimum atomic E-state index is -3.95. The molecule has 0 saturated carbocycles. The number of rotatable bonds is 7. The first-order valence-electron chi connectivity index (χ1n) is 9.62. The van der Waals surface area contributed by atoms with Crippen LogP contribution in [0.2, 0.25) is 0 Å². The fourth-order valence-corrected chi connectivity index (χ4v) is 4.78. The van der Waals surface area contributed by atoms with Gasteiger partial charge in [-0.3, -0.25) is 4.79 Å². The summed E-state index contributed by atoms with van der Waals surface area (Å²) in [7, 11) is -3.95. The average molecular weight is 439 g/mol. The maximum absolute atomic E-state index is 13.4.